The number of aromatic amines is 1. The Morgan fingerprint density at radius 3 is 2.83 bits per heavy atom. The molecular weight excluding hydrogens is 472 g/mol. The van der Waals surface area contributed by atoms with Crippen molar-refractivity contribution in [2.24, 2.45) is 0 Å². The number of hydrogen-bond acceptors (Lipinski definition) is 8. The highest BCUT2D eigenvalue weighted by Gasteiger charge is 2.26. The summed E-state index contributed by atoms with van der Waals surface area (Å²) >= 11 is 1.62. The molecule has 36 heavy (non-hydrogen) atoms. The number of thiazole rings is 1. The molecule has 0 radical (unpaired) electrons. The van der Waals surface area contributed by atoms with Crippen LogP contribution in [0.2, 0.25) is 0 Å². The Morgan fingerprint density at radius 2 is 2.03 bits per heavy atom. The third-order valence-corrected chi connectivity index (χ3v) is 7.71. The lowest BCUT2D eigenvalue weighted by atomic mass is 10.0. The number of fused-ring (bicyclic) bond motifs is 2. The molecule has 1 fully saturated rings. The minimum atomic E-state index is 0.207. The first-order chi connectivity index (χ1) is 17.5. The van der Waals surface area contributed by atoms with Gasteiger partial charge in [-0.25, -0.2) is 15.0 Å². The summed E-state index contributed by atoms with van der Waals surface area (Å²) in [6.07, 6.45) is 4.54. The summed E-state index contributed by atoms with van der Waals surface area (Å²) in [5, 5.41) is 7.91. The zero-order valence-corrected chi connectivity index (χ0v) is 21.3. The van der Waals surface area contributed by atoms with Crippen LogP contribution in [-0.2, 0) is 4.79 Å². The molecule has 1 aromatic carbocycles. The predicted octanol–water partition coefficient (Wildman–Crippen LogP) is 3.61. The van der Waals surface area contributed by atoms with Crippen molar-refractivity contribution in [1.82, 2.24) is 35.1 Å². The fourth-order valence-electron chi connectivity index (χ4n) is 5.28. The Kier molecular flexibility index (Phi) is 6.16. The number of nitrogens with one attached hydrogen (secondary N) is 3. The highest BCUT2D eigenvalue weighted by molar-refractivity contribution is 7.16. The van der Waals surface area contributed by atoms with Crippen LogP contribution in [0.15, 0.2) is 42.2 Å². The normalized spacial score (nSPS) is 21.2. The number of hydrogen-bond donors (Lipinski definition) is 3. The fraction of sp³-hybridized carbons (Fsp3) is 0.385. The van der Waals surface area contributed by atoms with Crippen LogP contribution in [0.5, 0.6) is 0 Å². The van der Waals surface area contributed by atoms with E-state index >= 15 is 0 Å². The minimum Gasteiger partial charge on any atom is -0.340 e. The van der Waals surface area contributed by atoms with E-state index < -0.39 is 0 Å². The molecule has 2 unspecified atom stereocenters. The van der Waals surface area contributed by atoms with E-state index in [9.17, 15) is 4.79 Å². The number of piperazine rings is 1. The minimum absolute atomic E-state index is 0.207. The first-order valence-electron chi connectivity index (χ1n) is 12.4. The van der Waals surface area contributed by atoms with Crippen LogP contribution in [0, 0.1) is 0 Å². The highest BCUT2D eigenvalue weighted by Crippen LogP contribution is 2.30. The lowest BCUT2D eigenvalue weighted by molar-refractivity contribution is -0.132. The van der Waals surface area contributed by atoms with E-state index in [2.05, 4.69) is 67.5 Å². The van der Waals surface area contributed by atoms with Crippen molar-refractivity contribution >= 4 is 55.6 Å². The molecule has 0 spiro atoms. The lowest BCUT2D eigenvalue weighted by Crippen LogP contribution is -2.56. The Balaban J connectivity index is 1.15. The summed E-state index contributed by atoms with van der Waals surface area (Å²) in [5.74, 6) is 0.970. The van der Waals surface area contributed by atoms with Gasteiger partial charge in [0.2, 0.25) is 5.91 Å². The molecule has 186 valence electrons. The Hall–Kier alpha value is -3.34. The van der Waals surface area contributed by atoms with E-state index in [4.69, 9.17) is 0 Å². The molecule has 1 amide bonds. The standard InChI is InChI=1S/C26H30N8OS/c1-16-11-33(12-17(2)30-16)13-24(35)34-7-5-18(6-8-34)22-10-20-25(27-14-28-26(20)32-22)31-19-3-4-21-23(9-19)36-15-29-21/h3-5,9-10,14-17,30H,6-8,11-13H2,1-2H3,(H2,27,28,31,32). The van der Waals surface area contributed by atoms with Crippen molar-refractivity contribution < 1.29 is 4.79 Å². The number of rotatable bonds is 5. The van der Waals surface area contributed by atoms with Crippen LogP contribution < -0.4 is 10.6 Å². The Bertz CT molecular complexity index is 1430. The highest BCUT2D eigenvalue weighted by atomic mass is 32.1. The van der Waals surface area contributed by atoms with Crippen molar-refractivity contribution in [1.29, 1.82) is 0 Å². The van der Waals surface area contributed by atoms with Crippen molar-refractivity contribution in [2.75, 3.05) is 38.0 Å². The van der Waals surface area contributed by atoms with E-state index in [0.29, 0.717) is 25.2 Å². The van der Waals surface area contributed by atoms with Gasteiger partial charge < -0.3 is 20.5 Å². The summed E-state index contributed by atoms with van der Waals surface area (Å²) in [5.41, 5.74) is 6.85. The summed E-state index contributed by atoms with van der Waals surface area (Å²) < 4.78 is 1.13. The molecule has 0 bridgehead atoms. The first kappa shape index (κ1) is 23.1. The molecule has 2 aliphatic rings. The van der Waals surface area contributed by atoms with Crippen molar-refractivity contribution in [3.8, 4) is 0 Å². The SMILES string of the molecule is CC1CN(CC(=O)N2CC=C(c3cc4c(Nc5ccc6ncsc6c5)ncnc4[nH]3)CC2)CC(C)N1. The summed E-state index contributed by atoms with van der Waals surface area (Å²) in [4.78, 5) is 33.9. The van der Waals surface area contributed by atoms with Gasteiger partial charge in [-0.2, -0.15) is 0 Å². The largest absolute Gasteiger partial charge is 0.340 e. The van der Waals surface area contributed by atoms with Gasteiger partial charge in [-0.05, 0) is 50.1 Å². The van der Waals surface area contributed by atoms with Gasteiger partial charge in [0.05, 0.1) is 27.7 Å². The molecule has 10 heteroatoms. The lowest BCUT2D eigenvalue weighted by Gasteiger charge is -2.37. The van der Waals surface area contributed by atoms with E-state index in [1.165, 1.54) is 5.57 Å². The summed E-state index contributed by atoms with van der Waals surface area (Å²) in [6.45, 7) is 8.02. The van der Waals surface area contributed by atoms with Crippen LogP contribution in [-0.4, -0.2) is 80.5 Å². The number of H-pyrrole nitrogens is 1. The molecule has 0 aliphatic carbocycles. The fourth-order valence-corrected chi connectivity index (χ4v) is 6.00. The van der Waals surface area contributed by atoms with Crippen molar-refractivity contribution in [2.45, 2.75) is 32.4 Å². The second-order valence-electron chi connectivity index (χ2n) is 9.81. The third kappa shape index (κ3) is 4.71. The van der Waals surface area contributed by atoms with Crippen molar-refractivity contribution in [3.05, 3.63) is 47.9 Å². The average molecular weight is 503 g/mol. The number of anilines is 2. The zero-order chi connectivity index (χ0) is 24.6. The number of aromatic nitrogens is 4. The quantitative estimate of drug-likeness (QED) is 0.383. The van der Waals surface area contributed by atoms with Gasteiger partial charge in [-0.3, -0.25) is 9.69 Å². The Morgan fingerprint density at radius 1 is 1.17 bits per heavy atom. The molecule has 3 aromatic heterocycles. The van der Waals surface area contributed by atoms with Gasteiger partial charge in [0.25, 0.3) is 0 Å². The first-order valence-corrected chi connectivity index (χ1v) is 13.3. The van der Waals surface area contributed by atoms with Gasteiger partial charge in [0, 0.05) is 49.6 Å². The van der Waals surface area contributed by atoms with E-state index in [-0.39, 0.29) is 5.91 Å². The monoisotopic (exact) mass is 502 g/mol. The van der Waals surface area contributed by atoms with Crippen LogP contribution in [0.4, 0.5) is 11.5 Å². The molecule has 5 heterocycles. The second kappa shape index (κ2) is 9.61. The van der Waals surface area contributed by atoms with Crippen molar-refractivity contribution in [3.63, 3.8) is 0 Å². The van der Waals surface area contributed by atoms with E-state index in [0.717, 1.165) is 64.5 Å². The number of amides is 1. The third-order valence-electron chi connectivity index (χ3n) is 6.92. The maximum atomic E-state index is 12.9. The van der Waals surface area contributed by atoms with Gasteiger partial charge in [0.1, 0.15) is 17.8 Å². The van der Waals surface area contributed by atoms with Gasteiger partial charge in [0.15, 0.2) is 0 Å². The second-order valence-corrected chi connectivity index (χ2v) is 10.7. The topological polar surface area (TPSA) is 102 Å². The molecule has 1 saturated heterocycles. The van der Waals surface area contributed by atoms with E-state index in [1.807, 2.05) is 22.5 Å². The predicted molar refractivity (Wildman–Crippen MR) is 144 cm³/mol. The van der Waals surface area contributed by atoms with Gasteiger partial charge >= 0.3 is 0 Å². The smallest absolute Gasteiger partial charge is 0.237 e. The molecule has 9 nitrogen and oxygen atoms in total. The molecule has 3 N–H and O–H groups in total. The summed E-state index contributed by atoms with van der Waals surface area (Å²) in [7, 11) is 0. The molecule has 0 saturated carbocycles. The Labute approximate surface area is 213 Å². The molecule has 2 aliphatic heterocycles. The molecule has 4 aromatic rings. The van der Waals surface area contributed by atoms with Crippen LogP contribution in [0.3, 0.4) is 0 Å². The van der Waals surface area contributed by atoms with Crippen LogP contribution in [0.25, 0.3) is 26.8 Å². The van der Waals surface area contributed by atoms with Crippen LogP contribution >= 0.6 is 11.3 Å². The van der Waals surface area contributed by atoms with Gasteiger partial charge in [-0.15, -0.1) is 11.3 Å². The average Bonchev–Trinajstić information content (AvgIpc) is 3.51. The van der Waals surface area contributed by atoms with E-state index in [1.54, 1.807) is 17.7 Å². The van der Waals surface area contributed by atoms with Crippen LogP contribution in [0.1, 0.15) is 26.0 Å². The molecule has 2 atom stereocenters. The number of benzene rings is 1. The maximum absolute atomic E-state index is 12.9. The summed E-state index contributed by atoms with van der Waals surface area (Å²) in [6, 6.07) is 9.05. The molecular formula is C26H30N8OS. The van der Waals surface area contributed by atoms with Gasteiger partial charge in [-0.1, -0.05) is 6.08 Å². The number of carbonyl (C=O) groups is 1. The maximum Gasteiger partial charge on any atom is 0.237 e. The molecule has 6 rings (SSSR count). The number of nitrogens with zero attached hydrogens (tertiary/aromatic N) is 5. The zero-order valence-electron chi connectivity index (χ0n) is 20.5. The number of carbonyl (C=O) groups excluding carboxylic acids is 1.